The number of piperidine rings is 1. The summed E-state index contributed by atoms with van der Waals surface area (Å²) in [5.74, 6) is -0.448. The number of fused-ring (bicyclic) bond motifs is 1. The van der Waals surface area contributed by atoms with E-state index in [9.17, 15) is 9.59 Å². The van der Waals surface area contributed by atoms with Crippen molar-refractivity contribution < 1.29 is 14.7 Å². The minimum atomic E-state index is -0.847. The van der Waals surface area contributed by atoms with E-state index < -0.39 is 12.0 Å². The van der Waals surface area contributed by atoms with E-state index in [0.29, 0.717) is 12.3 Å². The predicted molar refractivity (Wildman–Crippen MR) is 58.9 cm³/mol. The first-order chi connectivity index (χ1) is 7.52. The molecule has 2 unspecified atom stereocenters. The second-order valence-electron chi connectivity index (χ2n) is 5.26. The maximum atomic E-state index is 12.2. The highest BCUT2D eigenvalue weighted by Gasteiger charge is 2.46. The quantitative estimate of drug-likeness (QED) is 0.774. The first-order valence-corrected chi connectivity index (χ1v) is 6.07. The topological polar surface area (TPSA) is 57.6 Å². The number of amides is 1. The minimum absolute atomic E-state index is 0.0243. The Labute approximate surface area is 95.6 Å². The monoisotopic (exact) mass is 225 g/mol. The van der Waals surface area contributed by atoms with Gasteiger partial charge in [0.2, 0.25) is 5.91 Å². The molecule has 2 fully saturated rings. The third-order valence-corrected chi connectivity index (χ3v) is 3.97. The minimum Gasteiger partial charge on any atom is -0.480 e. The number of carboxylic acid groups (broad SMARTS) is 1. The summed E-state index contributed by atoms with van der Waals surface area (Å²) in [4.78, 5) is 25.0. The number of hydrogen-bond acceptors (Lipinski definition) is 2. The molecule has 90 valence electrons. The van der Waals surface area contributed by atoms with Crippen molar-refractivity contribution in [2.24, 2.45) is 11.8 Å². The zero-order chi connectivity index (χ0) is 11.9. The van der Waals surface area contributed by atoms with Gasteiger partial charge in [0.25, 0.3) is 0 Å². The van der Waals surface area contributed by atoms with Gasteiger partial charge >= 0.3 is 5.97 Å². The first kappa shape index (κ1) is 11.4. The van der Waals surface area contributed by atoms with Crippen LogP contribution in [0.15, 0.2) is 0 Å². The van der Waals surface area contributed by atoms with Gasteiger partial charge in [-0.3, -0.25) is 4.79 Å². The number of aliphatic carboxylic acids is 1. The maximum absolute atomic E-state index is 12.2. The smallest absolute Gasteiger partial charge is 0.326 e. The lowest BCUT2D eigenvalue weighted by Gasteiger charge is -2.38. The van der Waals surface area contributed by atoms with Crippen LogP contribution in [0.1, 0.15) is 39.5 Å². The maximum Gasteiger partial charge on any atom is 0.326 e. The molecular formula is C12H19NO3. The van der Waals surface area contributed by atoms with Crippen LogP contribution < -0.4 is 0 Å². The summed E-state index contributed by atoms with van der Waals surface area (Å²) in [6, 6.07) is -0.386. The van der Waals surface area contributed by atoms with Crippen LogP contribution >= 0.6 is 0 Å². The Kier molecular flexibility index (Phi) is 2.91. The van der Waals surface area contributed by atoms with Crippen LogP contribution in [0.2, 0.25) is 0 Å². The van der Waals surface area contributed by atoms with E-state index in [1.165, 1.54) is 0 Å². The molecule has 0 aromatic heterocycles. The number of carbonyl (C=O) groups is 2. The van der Waals surface area contributed by atoms with E-state index in [1.807, 2.05) is 13.8 Å². The van der Waals surface area contributed by atoms with E-state index in [1.54, 1.807) is 4.90 Å². The van der Waals surface area contributed by atoms with Crippen LogP contribution in [-0.2, 0) is 9.59 Å². The second kappa shape index (κ2) is 4.07. The van der Waals surface area contributed by atoms with Gasteiger partial charge in [-0.1, -0.05) is 13.8 Å². The van der Waals surface area contributed by atoms with Gasteiger partial charge in [0.15, 0.2) is 0 Å². The first-order valence-electron chi connectivity index (χ1n) is 6.07. The Morgan fingerprint density at radius 3 is 2.50 bits per heavy atom. The van der Waals surface area contributed by atoms with Crippen molar-refractivity contribution in [3.05, 3.63) is 0 Å². The molecule has 4 nitrogen and oxygen atoms in total. The van der Waals surface area contributed by atoms with E-state index >= 15 is 0 Å². The van der Waals surface area contributed by atoms with Crippen LogP contribution in [0.3, 0.4) is 0 Å². The fourth-order valence-corrected chi connectivity index (χ4v) is 3.05. The fourth-order valence-electron chi connectivity index (χ4n) is 3.05. The van der Waals surface area contributed by atoms with E-state index in [4.69, 9.17) is 5.11 Å². The molecule has 4 heteroatoms. The normalized spacial score (nSPS) is 34.3. The molecule has 0 aliphatic carbocycles. The zero-order valence-electron chi connectivity index (χ0n) is 9.85. The molecule has 2 heterocycles. The Hall–Kier alpha value is -1.06. The summed E-state index contributed by atoms with van der Waals surface area (Å²) in [6.45, 7) is 4.07. The van der Waals surface area contributed by atoms with Gasteiger partial charge in [-0.2, -0.15) is 0 Å². The summed E-state index contributed by atoms with van der Waals surface area (Å²) in [5, 5.41) is 9.10. The van der Waals surface area contributed by atoms with Gasteiger partial charge in [-0.05, 0) is 31.6 Å². The Morgan fingerprint density at radius 2 is 1.94 bits per heavy atom. The SMILES string of the molecule is CC(C)C1CC[C@H]2CCC(C(=O)O)N2C1=O. The second-order valence-corrected chi connectivity index (χ2v) is 5.26. The van der Waals surface area contributed by atoms with Crippen molar-refractivity contribution in [2.75, 3.05) is 0 Å². The molecule has 0 spiro atoms. The van der Waals surface area contributed by atoms with Crippen molar-refractivity contribution >= 4 is 11.9 Å². The van der Waals surface area contributed by atoms with Crippen LogP contribution in [0.5, 0.6) is 0 Å². The number of carboxylic acids is 1. The van der Waals surface area contributed by atoms with Crippen molar-refractivity contribution in [1.82, 2.24) is 4.90 Å². The molecule has 2 saturated heterocycles. The summed E-state index contributed by atoms with van der Waals surface area (Å²) < 4.78 is 0. The molecule has 2 rings (SSSR count). The van der Waals surface area contributed by atoms with Crippen molar-refractivity contribution in [2.45, 2.75) is 51.6 Å². The molecule has 1 amide bonds. The molecule has 0 aromatic carbocycles. The standard InChI is InChI=1S/C12H19NO3/c1-7(2)9-5-3-8-4-6-10(12(15)16)13(8)11(9)14/h7-10H,3-6H2,1-2H3,(H,15,16)/t8-,9?,10?/m0/s1. The lowest BCUT2D eigenvalue weighted by molar-refractivity contribution is -0.154. The fraction of sp³-hybridized carbons (Fsp3) is 0.833. The highest BCUT2D eigenvalue weighted by atomic mass is 16.4. The van der Waals surface area contributed by atoms with Gasteiger partial charge in [-0.15, -0.1) is 0 Å². The van der Waals surface area contributed by atoms with Crippen LogP contribution in [0.25, 0.3) is 0 Å². The van der Waals surface area contributed by atoms with Gasteiger partial charge in [0.05, 0.1) is 0 Å². The molecule has 1 N–H and O–H groups in total. The van der Waals surface area contributed by atoms with Gasteiger partial charge in [0, 0.05) is 12.0 Å². The molecule has 16 heavy (non-hydrogen) atoms. The van der Waals surface area contributed by atoms with E-state index in [2.05, 4.69) is 0 Å². The average molecular weight is 225 g/mol. The lowest BCUT2D eigenvalue weighted by atomic mass is 9.84. The molecular weight excluding hydrogens is 206 g/mol. The van der Waals surface area contributed by atoms with Gasteiger partial charge in [-0.25, -0.2) is 4.79 Å². The third kappa shape index (κ3) is 1.70. The van der Waals surface area contributed by atoms with Crippen LogP contribution in [0.4, 0.5) is 0 Å². The number of nitrogens with zero attached hydrogens (tertiary/aromatic N) is 1. The predicted octanol–water partition coefficient (Wildman–Crippen LogP) is 1.50. The van der Waals surface area contributed by atoms with Crippen LogP contribution in [0, 0.1) is 11.8 Å². The number of carbonyl (C=O) groups excluding carboxylic acids is 1. The lowest BCUT2D eigenvalue weighted by Crippen LogP contribution is -2.51. The average Bonchev–Trinajstić information content (AvgIpc) is 2.61. The van der Waals surface area contributed by atoms with Gasteiger partial charge in [0.1, 0.15) is 6.04 Å². The summed E-state index contributed by atoms with van der Waals surface area (Å²) in [5.41, 5.74) is 0. The number of rotatable bonds is 2. The molecule has 2 aliphatic rings. The van der Waals surface area contributed by atoms with Crippen LogP contribution in [-0.4, -0.2) is 34.0 Å². The number of hydrogen-bond donors (Lipinski definition) is 1. The van der Waals surface area contributed by atoms with Crippen molar-refractivity contribution in [1.29, 1.82) is 0 Å². The molecule has 0 saturated carbocycles. The molecule has 0 aromatic rings. The largest absolute Gasteiger partial charge is 0.480 e. The van der Waals surface area contributed by atoms with E-state index in [0.717, 1.165) is 19.3 Å². The molecule has 0 bridgehead atoms. The van der Waals surface area contributed by atoms with Crippen molar-refractivity contribution in [3.63, 3.8) is 0 Å². The Morgan fingerprint density at radius 1 is 1.31 bits per heavy atom. The van der Waals surface area contributed by atoms with Crippen molar-refractivity contribution in [3.8, 4) is 0 Å². The summed E-state index contributed by atoms with van der Waals surface area (Å²) in [6.07, 6.45) is 3.37. The molecule has 2 aliphatic heterocycles. The highest BCUT2D eigenvalue weighted by Crippen LogP contribution is 2.37. The third-order valence-electron chi connectivity index (χ3n) is 3.97. The summed E-state index contributed by atoms with van der Waals surface area (Å²) in [7, 11) is 0. The summed E-state index contributed by atoms with van der Waals surface area (Å²) >= 11 is 0. The van der Waals surface area contributed by atoms with Gasteiger partial charge < -0.3 is 10.0 Å². The Balaban J connectivity index is 2.19. The molecule has 3 atom stereocenters. The van der Waals surface area contributed by atoms with E-state index in [-0.39, 0.29) is 17.9 Å². The Bertz CT molecular complexity index is 313. The zero-order valence-corrected chi connectivity index (χ0v) is 9.85. The highest BCUT2D eigenvalue weighted by molar-refractivity contribution is 5.86. The molecule has 0 radical (unpaired) electrons.